The second kappa shape index (κ2) is 5.25. The van der Waals surface area contributed by atoms with Gasteiger partial charge in [-0.2, -0.15) is 0 Å². The van der Waals surface area contributed by atoms with E-state index in [-0.39, 0.29) is 5.71 Å². The van der Waals surface area contributed by atoms with Crippen LogP contribution in [0.25, 0.3) is 11.1 Å². The summed E-state index contributed by atoms with van der Waals surface area (Å²) >= 11 is 0. The summed E-state index contributed by atoms with van der Waals surface area (Å²) in [5.41, 5.74) is 2.65. The van der Waals surface area contributed by atoms with E-state index in [0.717, 1.165) is 11.1 Å². The molecule has 2 nitrogen and oxygen atoms in total. The number of hydrogen-bond acceptors (Lipinski definition) is 2. The first-order valence-corrected chi connectivity index (χ1v) is 5.28. The molecule has 0 unspecified atom stereocenters. The monoisotopic (exact) mass is 229 g/mol. The zero-order chi connectivity index (χ0) is 12.1. The number of hydrogen-bond donors (Lipinski definition) is 1. The molecule has 0 aromatic heterocycles. The zero-order valence-corrected chi connectivity index (χ0v) is 9.18. The van der Waals surface area contributed by atoms with Crippen LogP contribution < -0.4 is 0 Å². The summed E-state index contributed by atoms with van der Waals surface area (Å²) in [5.74, 6) is 0. The van der Waals surface area contributed by atoms with E-state index in [1.807, 2.05) is 48.5 Å². The van der Waals surface area contributed by atoms with E-state index >= 15 is 0 Å². The van der Waals surface area contributed by atoms with Crippen molar-refractivity contribution in [2.75, 3.05) is 6.67 Å². The molecule has 2 aromatic carbocycles. The van der Waals surface area contributed by atoms with Crippen molar-refractivity contribution in [2.24, 2.45) is 5.16 Å². The summed E-state index contributed by atoms with van der Waals surface area (Å²) in [4.78, 5) is 0. The highest BCUT2D eigenvalue weighted by molar-refractivity contribution is 6.01. The standard InChI is InChI=1S/C14H12FNO/c15-10-14(16-17)13-8-4-7-12(9-13)11-5-2-1-3-6-11/h1-9,17H,10H2. The number of oxime groups is 1. The summed E-state index contributed by atoms with van der Waals surface area (Å²) in [6, 6.07) is 17.1. The van der Waals surface area contributed by atoms with Crippen LogP contribution in [0.15, 0.2) is 59.8 Å². The van der Waals surface area contributed by atoms with Gasteiger partial charge in [-0.15, -0.1) is 0 Å². The van der Waals surface area contributed by atoms with Gasteiger partial charge in [0.15, 0.2) is 0 Å². The predicted octanol–water partition coefficient (Wildman–Crippen LogP) is 3.50. The zero-order valence-electron chi connectivity index (χ0n) is 9.18. The van der Waals surface area contributed by atoms with Gasteiger partial charge in [-0.3, -0.25) is 0 Å². The largest absolute Gasteiger partial charge is 0.411 e. The molecule has 0 saturated carbocycles. The highest BCUT2D eigenvalue weighted by atomic mass is 19.1. The van der Waals surface area contributed by atoms with Crippen LogP contribution in [0.2, 0.25) is 0 Å². The van der Waals surface area contributed by atoms with Crippen LogP contribution in [0.3, 0.4) is 0 Å². The van der Waals surface area contributed by atoms with Gasteiger partial charge in [0.25, 0.3) is 0 Å². The van der Waals surface area contributed by atoms with E-state index < -0.39 is 6.67 Å². The van der Waals surface area contributed by atoms with E-state index in [4.69, 9.17) is 5.21 Å². The molecule has 0 aliphatic carbocycles. The molecule has 0 heterocycles. The van der Waals surface area contributed by atoms with Gasteiger partial charge in [0, 0.05) is 5.56 Å². The first-order valence-electron chi connectivity index (χ1n) is 5.28. The molecule has 0 fully saturated rings. The van der Waals surface area contributed by atoms with Crippen molar-refractivity contribution in [2.45, 2.75) is 0 Å². The average Bonchev–Trinajstić information content (AvgIpc) is 2.42. The van der Waals surface area contributed by atoms with Crippen molar-refractivity contribution in [1.82, 2.24) is 0 Å². The van der Waals surface area contributed by atoms with Crippen molar-refractivity contribution in [1.29, 1.82) is 0 Å². The van der Waals surface area contributed by atoms with Gasteiger partial charge in [0.05, 0.1) is 0 Å². The van der Waals surface area contributed by atoms with Gasteiger partial charge in [-0.05, 0) is 17.2 Å². The van der Waals surface area contributed by atoms with Crippen molar-refractivity contribution < 1.29 is 9.60 Å². The molecule has 0 radical (unpaired) electrons. The van der Waals surface area contributed by atoms with E-state index in [2.05, 4.69) is 5.16 Å². The molecule has 17 heavy (non-hydrogen) atoms. The minimum Gasteiger partial charge on any atom is -0.411 e. The topological polar surface area (TPSA) is 32.6 Å². The summed E-state index contributed by atoms with van der Waals surface area (Å²) in [6.45, 7) is -0.783. The van der Waals surface area contributed by atoms with Gasteiger partial charge in [-0.25, -0.2) is 4.39 Å². The van der Waals surface area contributed by atoms with Gasteiger partial charge in [0.1, 0.15) is 12.4 Å². The Balaban J connectivity index is 2.42. The van der Waals surface area contributed by atoms with Crippen LogP contribution in [0.1, 0.15) is 5.56 Å². The molecule has 1 N–H and O–H groups in total. The molecule has 3 heteroatoms. The molecule has 2 rings (SSSR count). The molecule has 0 atom stereocenters. The average molecular weight is 229 g/mol. The van der Waals surface area contributed by atoms with Gasteiger partial charge >= 0.3 is 0 Å². The van der Waals surface area contributed by atoms with E-state index in [1.54, 1.807) is 6.07 Å². The SMILES string of the molecule is ON=C(CF)c1cccc(-c2ccccc2)c1. The second-order valence-corrected chi connectivity index (χ2v) is 3.63. The lowest BCUT2D eigenvalue weighted by atomic mass is 10.0. The van der Waals surface area contributed by atoms with E-state index in [1.165, 1.54) is 0 Å². The van der Waals surface area contributed by atoms with E-state index in [9.17, 15) is 4.39 Å². The highest BCUT2D eigenvalue weighted by Crippen LogP contribution is 2.20. The molecule has 0 saturated heterocycles. The van der Waals surface area contributed by atoms with Crippen LogP contribution >= 0.6 is 0 Å². The second-order valence-electron chi connectivity index (χ2n) is 3.63. The Kier molecular flexibility index (Phi) is 3.50. The number of rotatable bonds is 3. The van der Waals surface area contributed by atoms with Gasteiger partial charge in [0.2, 0.25) is 0 Å². The smallest absolute Gasteiger partial charge is 0.135 e. The summed E-state index contributed by atoms with van der Waals surface area (Å²) in [6.07, 6.45) is 0. The predicted molar refractivity (Wildman–Crippen MR) is 66.2 cm³/mol. The van der Waals surface area contributed by atoms with Gasteiger partial charge < -0.3 is 5.21 Å². The Morgan fingerprint density at radius 2 is 1.71 bits per heavy atom. The lowest BCUT2D eigenvalue weighted by Crippen LogP contribution is -2.03. The number of nitrogens with zero attached hydrogens (tertiary/aromatic N) is 1. The first kappa shape index (κ1) is 11.3. The van der Waals surface area contributed by atoms with E-state index in [0.29, 0.717) is 5.56 Å². The third kappa shape index (κ3) is 2.50. The minimum atomic E-state index is -0.783. The maximum Gasteiger partial charge on any atom is 0.135 e. The Bertz CT molecular complexity index is 523. The minimum absolute atomic E-state index is 0.0442. The molecule has 0 amide bonds. The van der Waals surface area contributed by atoms with Gasteiger partial charge in [-0.1, -0.05) is 53.7 Å². The maximum atomic E-state index is 12.6. The fourth-order valence-electron chi connectivity index (χ4n) is 1.67. The fourth-order valence-corrected chi connectivity index (χ4v) is 1.67. The fraction of sp³-hybridized carbons (Fsp3) is 0.0714. The molecule has 0 spiro atoms. The Hall–Kier alpha value is -2.16. The molecule has 0 bridgehead atoms. The third-order valence-corrected chi connectivity index (χ3v) is 2.55. The Morgan fingerprint density at radius 1 is 1.00 bits per heavy atom. The van der Waals surface area contributed by atoms with Crippen LogP contribution in [0.4, 0.5) is 4.39 Å². The summed E-state index contributed by atoms with van der Waals surface area (Å²) < 4.78 is 12.6. The maximum absolute atomic E-state index is 12.6. The molecular formula is C14H12FNO. The van der Waals surface area contributed by atoms with Crippen LogP contribution in [0.5, 0.6) is 0 Å². The molecule has 86 valence electrons. The number of alkyl halides is 1. The normalized spacial score (nSPS) is 11.5. The van der Waals surface area contributed by atoms with Crippen molar-refractivity contribution >= 4 is 5.71 Å². The molecular weight excluding hydrogens is 217 g/mol. The van der Waals surface area contributed by atoms with Crippen molar-refractivity contribution in [3.63, 3.8) is 0 Å². The van der Waals surface area contributed by atoms with Crippen LogP contribution in [-0.4, -0.2) is 17.6 Å². The highest BCUT2D eigenvalue weighted by Gasteiger charge is 2.05. The lowest BCUT2D eigenvalue weighted by Gasteiger charge is -2.05. The summed E-state index contributed by atoms with van der Waals surface area (Å²) in [7, 11) is 0. The molecule has 0 aliphatic rings. The van der Waals surface area contributed by atoms with Crippen molar-refractivity contribution in [3.8, 4) is 11.1 Å². The third-order valence-electron chi connectivity index (χ3n) is 2.55. The number of halogens is 1. The molecule has 0 aliphatic heterocycles. The van der Waals surface area contributed by atoms with Crippen LogP contribution in [0, 0.1) is 0 Å². The Morgan fingerprint density at radius 3 is 2.35 bits per heavy atom. The molecule has 2 aromatic rings. The lowest BCUT2D eigenvalue weighted by molar-refractivity contribution is 0.316. The quantitative estimate of drug-likeness (QED) is 0.487. The Labute approximate surface area is 99.0 Å². The number of benzene rings is 2. The summed E-state index contributed by atoms with van der Waals surface area (Å²) in [5, 5.41) is 11.6. The van der Waals surface area contributed by atoms with Crippen LogP contribution in [-0.2, 0) is 0 Å². The first-order chi connectivity index (χ1) is 8.35. The van der Waals surface area contributed by atoms with Crippen molar-refractivity contribution in [3.05, 3.63) is 60.2 Å².